The molecule has 2 heterocycles. The predicted molar refractivity (Wildman–Crippen MR) is 77.5 cm³/mol. The molecule has 0 amide bonds. The fourth-order valence-electron chi connectivity index (χ4n) is 2.19. The third kappa shape index (κ3) is 3.42. The van der Waals surface area contributed by atoms with Crippen molar-refractivity contribution in [2.24, 2.45) is 0 Å². The van der Waals surface area contributed by atoms with Gasteiger partial charge in [0, 0.05) is 18.2 Å². The summed E-state index contributed by atoms with van der Waals surface area (Å²) in [6, 6.07) is 0.312. The summed E-state index contributed by atoms with van der Waals surface area (Å²) in [5.41, 5.74) is 0.639. The Morgan fingerprint density at radius 2 is 2.37 bits per heavy atom. The predicted octanol–water partition coefficient (Wildman–Crippen LogP) is 2.61. The van der Waals surface area contributed by atoms with Gasteiger partial charge < -0.3 is 10.6 Å². The summed E-state index contributed by atoms with van der Waals surface area (Å²) in [7, 11) is 0. The monoisotopic (exact) mass is 328 g/mol. The number of rotatable bonds is 3. The van der Waals surface area contributed by atoms with Crippen molar-refractivity contribution in [3.05, 3.63) is 26.3 Å². The second-order valence-electron chi connectivity index (χ2n) is 4.73. The molecule has 6 nitrogen and oxygen atoms in total. The van der Waals surface area contributed by atoms with E-state index in [1.807, 2.05) is 0 Å². The van der Waals surface area contributed by atoms with Crippen molar-refractivity contribution < 1.29 is 4.92 Å². The van der Waals surface area contributed by atoms with Gasteiger partial charge in [0.25, 0.3) is 5.69 Å². The number of pyridine rings is 1. The molecule has 0 aliphatic carbocycles. The van der Waals surface area contributed by atoms with Gasteiger partial charge in [0.15, 0.2) is 0 Å². The van der Waals surface area contributed by atoms with E-state index in [1.165, 1.54) is 19.0 Å². The Bertz CT molecular complexity index is 473. The lowest BCUT2D eigenvalue weighted by atomic mass is 10.1. The van der Waals surface area contributed by atoms with Crippen molar-refractivity contribution in [1.29, 1.82) is 0 Å². The van der Waals surface area contributed by atoms with Gasteiger partial charge in [0.2, 0.25) is 0 Å². The van der Waals surface area contributed by atoms with Crippen LogP contribution in [0.1, 0.15) is 24.8 Å². The van der Waals surface area contributed by atoms with Gasteiger partial charge in [-0.2, -0.15) is 0 Å². The van der Waals surface area contributed by atoms with E-state index in [0.717, 1.165) is 19.5 Å². The molecule has 1 unspecified atom stereocenters. The highest BCUT2D eigenvalue weighted by Crippen LogP contribution is 2.31. The topological polar surface area (TPSA) is 80.1 Å². The Labute approximate surface area is 120 Å². The molecule has 2 rings (SSSR count). The summed E-state index contributed by atoms with van der Waals surface area (Å²) in [5.74, 6) is 0.678. The molecule has 1 aromatic heterocycles. The molecule has 1 saturated heterocycles. The van der Waals surface area contributed by atoms with Crippen LogP contribution in [0.2, 0.25) is 0 Å². The molecule has 1 aliphatic rings. The Morgan fingerprint density at radius 1 is 1.58 bits per heavy atom. The van der Waals surface area contributed by atoms with Crippen LogP contribution in [0, 0.1) is 17.0 Å². The van der Waals surface area contributed by atoms with E-state index < -0.39 is 4.92 Å². The Balaban J connectivity index is 2.16. The third-order valence-electron chi connectivity index (χ3n) is 3.32. The van der Waals surface area contributed by atoms with Gasteiger partial charge in [-0.1, -0.05) is 6.42 Å². The van der Waals surface area contributed by atoms with Crippen molar-refractivity contribution in [2.45, 2.75) is 32.2 Å². The average Bonchev–Trinajstić information content (AvgIpc) is 2.63. The van der Waals surface area contributed by atoms with Gasteiger partial charge in [-0.05, 0) is 42.2 Å². The van der Waals surface area contributed by atoms with E-state index in [2.05, 4.69) is 31.5 Å². The minimum Gasteiger partial charge on any atom is -0.365 e. The van der Waals surface area contributed by atoms with Crippen LogP contribution in [0.5, 0.6) is 0 Å². The van der Waals surface area contributed by atoms with Gasteiger partial charge >= 0.3 is 0 Å². The number of nitrogens with one attached hydrogen (secondary N) is 2. The molecule has 19 heavy (non-hydrogen) atoms. The molecule has 104 valence electrons. The molecule has 2 N–H and O–H groups in total. The van der Waals surface area contributed by atoms with Crippen molar-refractivity contribution in [3.63, 3.8) is 0 Å². The molecule has 0 aromatic carbocycles. The number of halogens is 1. The van der Waals surface area contributed by atoms with E-state index in [9.17, 15) is 10.1 Å². The smallest absolute Gasteiger partial charge is 0.291 e. The highest BCUT2D eigenvalue weighted by molar-refractivity contribution is 9.10. The highest BCUT2D eigenvalue weighted by atomic mass is 79.9. The second kappa shape index (κ2) is 6.29. The summed E-state index contributed by atoms with van der Waals surface area (Å²) in [6.45, 7) is 3.66. The van der Waals surface area contributed by atoms with Gasteiger partial charge in [-0.25, -0.2) is 4.98 Å². The lowest BCUT2D eigenvalue weighted by Crippen LogP contribution is -2.31. The first-order chi connectivity index (χ1) is 9.09. The first-order valence-corrected chi connectivity index (χ1v) is 7.15. The molecule has 0 saturated carbocycles. The van der Waals surface area contributed by atoms with Crippen molar-refractivity contribution in [2.75, 3.05) is 18.4 Å². The molecule has 0 bridgehead atoms. The molecule has 1 fully saturated rings. The van der Waals surface area contributed by atoms with Crippen molar-refractivity contribution >= 4 is 27.4 Å². The van der Waals surface area contributed by atoms with Crippen LogP contribution in [-0.2, 0) is 0 Å². The molecule has 1 aromatic rings. The van der Waals surface area contributed by atoms with Gasteiger partial charge in [0.1, 0.15) is 12.0 Å². The standard InChI is InChI=1S/C12H17BrN4O2/c1-8-10(17(18)19)7-15-12(11(8)13)16-9-4-2-3-5-14-6-9/h7,9,14H,2-6H2,1H3,(H,15,16). The fraction of sp³-hybridized carbons (Fsp3) is 0.583. The van der Waals surface area contributed by atoms with Crippen LogP contribution >= 0.6 is 15.9 Å². The summed E-state index contributed by atoms with van der Waals surface area (Å²) < 4.78 is 0.672. The number of anilines is 1. The van der Waals surface area contributed by atoms with Crippen LogP contribution in [0.15, 0.2) is 10.7 Å². The summed E-state index contributed by atoms with van der Waals surface area (Å²) in [4.78, 5) is 14.6. The zero-order chi connectivity index (χ0) is 13.8. The number of hydrogen-bond acceptors (Lipinski definition) is 5. The number of hydrogen-bond donors (Lipinski definition) is 2. The second-order valence-corrected chi connectivity index (χ2v) is 5.52. The molecular weight excluding hydrogens is 312 g/mol. The van der Waals surface area contributed by atoms with Gasteiger partial charge in [-0.15, -0.1) is 0 Å². The molecule has 0 spiro atoms. The van der Waals surface area contributed by atoms with Crippen LogP contribution in [0.3, 0.4) is 0 Å². The van der Waals surface area contributed by atoms with E-state index in [1.54, 1.807) is 6.92 Å². The zero-order valence-electron chi connectivity index (χ0n) is 10.8. The summed E-state index contributed by atoms with van der Waals surface area (Å²) in [5, 5.41) is 17.6. The first-order valence-electron chi connectivity index (χ1n) is 6.36. The number of nitrogens with zero attached hydrogens (tertiary/aromatic N) is 2. The number of aromatic nitrogens is 1. The highest BCUT2D eigenvalue weighted by Gasteiger charge is 2.19. The van der Waals surface area contributed by atoms with Crippen molar-refractivity contribution in [3.8, 4) is 0 Å². The van der Waals surface area contributed by atoms with E-state index in [4.69, 9.17) is 0 Å². The minimum absolute atomic E-state index is 0.0383. The SMILES string of the molecule is Cc1c([N+](=O)[O-])cnc(NC2CCCCNC2)c1Br. The van der Waals surface area contributed by atoms with Crippen LogP contribution in [0.25, 0.3) is 0 Å². The Morgan fingerprint density at radius 3 is 3.11 bits per heavy atom. The molecule has 1 aliphatic heterocycles. The van der Waals surface area contributed by atoms with E-state index >= 15 is 0 Å². The number of nitro groups is 1. The average molecular weight is 329 g/mol. The lowest BCUT2D eigenvalue weighted by Gasteiger charge is -2.18. The summed E-state index contributed by atoms with van der Waals surface area (Å²) in [6.07, 6.45) is 4.75. The largest absolute Gasteiger partial charge is 0.365 e. The minimum atomic E-state index is -0.413. The molecule has 0 radical (unpaired) electrons. The molecule has 1 atom stereocenters. The van der Waals surface area contributed by atoms with Crippen LogP contribution < -0.4 is 10.6 Å². The van der Waals surface area contributed by atoms with Gasteiger partial charge in [0.05, 0.1) is 9.40 Å². The van der Waals surface area contributed by atoms with E-state index in [0.29, 0.717) is 21.9 Å². The maximum absolute atomic E-state index is 10.8. The van der Waals surface area contributed by atoms with E-state index in [-0.39, 0.29) is 5.69 Å². The molecule has 7 heteroatoms. The lowest BCUT2D eigenvalue weighted by molar-refractivity contribution is -0.385. The quantitative estimate of drug-likeness (QED) is 0.658. The summed E-state index contributed by atoms with van der Waals surface area (Å²) >= 11 is 3.40. The fourth-order valence-corrected chi connectivity index (χ4v) is 2.61. The van der Waals surface area contributed by atoms with Crippen LogP contribution in [-0.4, -0.2) is 29.0 Å². The van der Waals surface area contributed by atoms with Crippen LogP contribution in [0.4, 0.5) is 11.5 Å². The maximum atomic E-state index is 10.8. The van der Waals surface area contributed by atoms with Crippen molar-refractivity contribution in [1.82, 2.24) is 10.3 Å². The molecular formula is C12H17BrN4O2. The Hall–Kier alpha value is -1.21. The first kappa shape index (κ1) is 14.2. The third-order valence-corrected chi connectivity index (χ3v) is 4.29. The Kier molecular flexibility index (Phi) is 4.71. The zero-order valence-corrected chi connectivity index (χ0v) is 12.4. The maximum Gasteiger partial charge on any atom is 0.291 e. The van der Waals surface area contributed by atoms with Gasteiger partial charge in [-0.3, -0.25) is 10.1 Å². The normalized spacial score (nSPS) is 19.8.